The Hall–Kier alpha value is -0.570. The van der Waals surface area contributed by atoms with E-state index in [1.165, 1.54) is 19.3 Å². The maximum absolute atomic E-state index is 11.1. The topological polar surface area (TPSA) is 49.3 Å². The maximum atomic E-state index is 11.1. The molecule has 1 atom stereocenters. The van der Waals surface area contributed by atoms with Gasteiger partial charge in [0.05, 0.1) is 0 Å². The van der Waals surface area contributed by atoms with Crippen molar-refractivity contribution in [1.82, 2.24) is 5.32 Å². The molecule has 0 heterocycles. The molecule has 0 amide bonds. The van der Waals surface area contributed by atoms with E-state index in [9.17, 15) is 4.79 Å². The molecule has 1 aliphatic carbocycles. The van der Waals surface area contributed by atoms with Crippen LogP contribution in [0, 0.1) is 0 Å². The summed E-state index contributed by atoms with van der Waals surface area (Å²) in [5.74, 6) is -0.731. The number of aliphatic carboxylic acids is 1. The normalized spacial score (nSPS) is 23.0. The molecule has 0 aromatic carbocycles. The van der Waals surface area contributed by atoms with Crippen molar-refractivity contribution in [3.8, 4) is 0 Å². The van der Waals surface area contributed by atoms with Gasteiger partial charge in [-0.25, -0.2) is 0 Å². The van der Waals surface area contributed by atoms with E-state index in [4.69, 9.17) is 5.11 Å². The fraction of sp³-hybridized carbons (Fsp3) is 0.909. The molecule has 1 rings (SSSR count). The molecule has 14 heavy (non-hydrogen) atoms. The van der Waals surface area contributed by atoms with Gasteiger partial charge >= 0.3 is 5.97 Å². The molecule has 0 aromatic heterocycles. The van der Waals surface area contributed by atoms with Crippen LogP contribution in [0.15, 0.2) is 0 Å². The number of carboxylic acids is 1. The number of carboxylic acid groups (broad SMARTS) is 1. The summed E-state index contributed by atoms with van der Waals surface area (Å²) in [6, 6.07) is 0.407. The zero-order valence-electron chi connectivity index (χ0n) is 9.18. The summed E-state index contributed by atoms with van der Waals surface area (Å²) in [5.41, 5.74) is -0.734. The van der Waals surface area contributed by atoms with Gasteiger partial charge in [0.2, 0.25) is 0 Å². The van der Waals surface area contributed by atoms with Gasteiger partial charge in [0.1, 0.15) is 5.54 Å². The molecule has 1 aliphatic rings. The Balaban J connectivity index is 2.50. The maximum Gasteiger partial charge on any atom is 0.323 e. The summed E-state index contributed by atoms with van der Waals surface area (Å²) in [4.78, 5) is 11.1. The van der Waals surface area contributed by atoms with Gasteiger partial charge in [0, 0.05) is 6.04 Å². The van der Waals surface area contributed by atoms with Gasteiger partial charge in [-0.15, -0.1) is 0 Å². The van der Waals surface area contributed by atoms with Crippen molar-refractivity contribution < 1.29 is 9.90 Å². The molecule has 1 saturated carbocycles. The van der Waals surface area contributed by atoms with Gasteiger partial charge < -0.3 is 5.11 Å². The van der Waals surface area contributed by atoms with Crippen LogP contribution in [-0.4, -0.2) is 22.7 Å². The van der Waals surface area contributed by atoms with Crippen LogP contribution >= 0.6 is 0 Å². The molecule has 0 radical (unpaired) electrons. The highest BCUT2D eigenvalue weighted by Crippen LogP contribution is 2.21. The lowest BCUT2D eigenvalue weighted by molar-refractivity contribution is -0.144. The van der Waals surface area contributed by atoms with Gasteiger partial charge in [-0.1, -0.05) is 26.2 Å². The molecule has 2 N–H and O–H groups in total. The summed E-state index contributed by atoms with van der Waals surface area (Å²) < 4.78 is 0. The van der Waals surface area contributed by atoms with E-state index in [1.807, 2.05) is 6.92 Å². The average Bonchev–Trinajstić information content (AvgIpc) is 2.19. The van der Waals surface area contributed by atoms with Gasteiger partial charge in [0.15, 0.2) is 0 Å². The van der Waals surface area contributed by atoms with Crippen LogP contribution < -0.4 is 5.32 Å². The summed E-state index contributed by atoms with van der Waals surface area (Å²) in [7, 11) is 0. The van der Waals surface area contributed by atoms with E-state index in [-0.39, 0.29) is 0 Å². The number of hydrogen-bond acceptors (Lipinski definition) is 2. The number of nitrogens with one attached hydrogen (secondary N) is 1. The van der Waals surface area contributed by atoms with Crippen LogP contribution in [0.3, 0.4) is 0 Å². The SMILES string of the molecule is CC[C@@](C)(NC1CCCCC1)C(=O)O. The van der Waals surface area contributed by atoms with Crippen LogP contribution in [0.5, 0.6) is 0 Å². The molecular weight excluding hydrogens is 178 g/mol. The lowest BCUT2D eigenvalue weighted by atomic mass is 9.91. The summed E-state index contributed by atoms with van der Waals surface area (Å²) in [6.07, 6.45) is 6.66. The lowest BCUT2D eigenvalue weighted by Crippen LogP contribution is -2.53. The van der Waals surface area contributed by atoms with Crippen molar-refractivity contribution in [3.63, 3.8) is 0 Å². The predicted octanol–water partition coefficient (Wildman–Crippen LogP) is 2.16. The van der Waals surface area contributed by atoms with E-state index in [0.29, 0.717) is 12.5 Å². The van der Waals surface area contributed by atoms with Crippen molar-refractivity contribution in [1.29, 1.82) is 0 Å². The Morgan fingerprint density at radius 3 is 2.43 bits per heavy atom. The molecule has 0 aliphatic heterocycles. The van der Waals surface area contributed by atoms with Gasteiger partial charge in [-0.3, -0.25) is 10.1 Å². The monoisotopic (exact) mass is 199 g/mol. The van der Waals surface area contributed by atoms with Crippen LogP contribution in [0.25, 0.3) is 0 Å². The first-order chi connectivity index (χ1) is 6.58. The molecule has 0 aromatic rings. The van der Waals surface area contributed by atoms with Crippen LogP contribution in [0.2, 0.25) is 0 Å². The Morgan fingerprint density at radius 2 is 2.00 bits per heavy atom. The fourth-order valence-electron chi connectivity index (χ4n) is 2.01. The highest BCUT2D eigenvalue weighted by atomic mass is 16.4. The third kappa shape index (κ3) is 2.71. The Kier molecular flexibility index (Phi) is 3.93. The highest BCUT2D eigenvalue weighted by molar-refractivity contribution is 5.78. The first-order valence-electron chi connectivity index (χ1n) is 5.59. The molecule has 82 valence electrons. The highest BCUT2D eigenvalue weighted by Gasteiger charge is 2.33. The molecule has 3 heteroatoms. The van der Waals surface area contributed by atoms with Crippen molar-refractivity contribution >= 4 is 5.97 Å². The van der Waals surface area contributed by atoms with E-state index in [2.05, 4.69) is 5.32 Å². The lowest BCUT2D eigenvalue weighted by Gasteiger charge is -2.32. The zero-order chi connectivity index (χ0) is 10.6. The Bertz CT molecular complexity index is 199. The van der Waals surface area contributed by atoms with Crippen LogP contribution in [-0.2, 0) is 4.79 Å². The van der Waals surface area contributed by atoms with Crippen molar-refractivity contribution in [2.45, 2.75) is 64.0 Å². The van der Waals surface area contributed by atoms with Crippen LogP contribution in [0.4, 0.5) is 0 Å². The van der Waals surface area contributed by atoms with Gasteiger partial charge in [-0.2, -0.15) is 0 Å². The van der Waals surface area contributed by atoms with E-state index in [1.54, 1.807) is 6.92 Å². The third-order valence-corrected chi connectivity index (χ3v) is 3.31. The number of rotatable bonds is 4. The van der Waals surface area contributed by atoms with Crippen LogP contribution in [0.1, 0.15) is 52.4 Å². The van der Waals surface area contributed by atoms with Crippen molar-refractivity contribution in [2.24, 2.45) is 0 Å². The number of carbonyl (C=O) groups is 1. The molecule has 0 unspecified atom stereocenters. The predicted molar refractivity (Wildman–Crippen MR) is 56.3 cm³/mol. The van der Waals surface area contributed by atoms with Crippen molar-refractivity contribution in [3.05, 3.63) is 0 Å². The molecular formula is C11H21NO2. The minimum absolute atomic E-state index is 0.407. The van der Waals surface area contributed by atoms with Gasteiger partial charge in [0.25, 0.3) is 0 Å². The number of hydrogen-bond donors (Lipinski definition) is 2. The van der Waals surface area contributed by atoms with E-state index in [0.717, 1.165) is 12.8 Å². The molecule has 1 fully saturated rings. The zero-order valence-corrected chi connectivity index (χ0v) is 9.18. The summed E-state index contributed by atoms with van der Waals surface area (Å²) in [6.45, 7) is 3.70. The van der Waals surface area contributed by atoms with E-state index < -0.39 is 11.5 Å². The second kappa shape index (κ2) is 4.78. The molecule has 0 saturated heterocycles. The Labute approximate surface area is 85.9 Å². The van der Waals surface area contributed by atoms with Gasteiger partial charge in [-0.05, 0) is 26.2 Å². The summed E-state index contributed by atoms with van der Waals surface area (Å²) >= 11 is 0. The second-order valence-corrected chi connectivity index (χ2v) is 4.47. The first kappa shape index (κ1) is 11.5. The third-order valence-electron chi connectivity index (χ3n) is 3.31. The molecule has 0 spiro atoms. The van der Waals surface area contributed by atoms with Crippen molar-refractivity contribution in [2.75, 3.05) is 0 Å². The Morgan fingerprint density at radius 1 is 1.43 bits per heavy atom. The largest absolute Gasteiger partial charge is 0.480 e. The molecule has 0 bridgehead atoms. The molecule has 3 nitrogen and oxygen atoms in total. The minimum atomic E-state index is -0.734. The fourth-order valence-corrected chi connectivity index (χ4v) is 2.01. The first-order valence-corrected chi connectivity index (χ1v) is 5.59. The average molecular weight is 199 g/mol. The van der Waals surface area contributed by atoms with E-state index >= 15 is 0 Å². The summed E-state index contributed by atoms with van der Waals surface area (Å²) in [5, 5.41) is 12.4. The minimum Gasteiger partial charge on any atom is -0.480 e. The quantitative estimate of drug-likeness (QED) is 0.729. The second-order valence-electron chi connectivity index (χ2n) is 4.47. The smallest absolute Gasteiger partial charge is 0.323 e. The standard InChI is InChI=1S/C11H21NO2/c1-3-11(2,10(13)14)12-9-7-5-4-6-8-9/h9,12H,3-8H2,1-2H3,(H,13,14)/t11-/m1/s1.